The van der Waals surface area contributed by atoms with Gasteiger partial charge in [-0.05, 0) is 50.9 Å². The van der Waals surface area contributed by atoms with Crippen molar-refractivity contribution in [2.75, 3.05) is 0 Å². The van der Waals surface area contributed by atoms with Gasteiger partial charge in [0.15, 0.2) is 0 Å². The van der Waals surface area contributed by atoms with Gasteiger partial charge in [0.1, 0.15) is 11.4 Å². The fraction of sp³-hybridized carbons (Fsp3) is 0.938. The van der Waals surface area contributed by atoms with Crippen molar-refractivity contribution in [3.63, 3.8) is 0 Å². The van der Waals surface area contributed by atoms with E-state index in [0.29, 0.717) is 12.3 Å². The van der Waals surface area contributed by atoms with Crippen LogP contribution in [0.3, 0.4) is 0 Å². The first kappa shape index (κ1) is 13.6. The van der Waals surface area contributed by atoms with Crippen molar-refractivity contribution in [3.05, 3.63) is 0 Å². The Morgan fingerprint density at radius 2 is 1.95 bits per heavy atom. The molecule has 0 aromatic carbocycles. The minimum absolute atomic E-state index is 0.0463. The van der Waals surface area contributed by atoms with Crippen LogP contribution in [0.2, 0.25) is 0 Å². The maximum absolute atomic E-state index is 12.8. The van der Waals surface area contributed by atoms with Gasteiger partial charge >= 0.3 is 0 Å². The molecule has 0 saturated heterocycles. The average molecular weight is 266 g/mol. The van der Waals surface area contributed by atoms with E-state index in [1.807, 2.05) is 13.8 Å². The molecule has 19 heavy (non-hydrogen) atoms. The lowest BCUT2D eigenvalue weighted by Gasteiger charge is -2.42. The van der Waals surface area contributed by atoms with Crippen LogP contribution in [0.25, 0.3) is 0 Å². The minimum atomic E-state index is -1.25. The molecular weight excluding hydrogens is 240 g/mol. The fourth-order valence-electron chi connectivity index (χ4n) is 5.54. The van der Waals surface area contributed by atoms with Crippen molar-refractivity contribution < 1.29 is 15.0 Å². The van der Waals surface area contributed by atoms with Gasteiger partial charge < -0.3 is 10.2 Å². The molecule has 3 saturated carbocycles. The summed E-state index contributed by atoms with van der Waals surface area (Å²) < 4.78 is 0. The second kappa shape index (κ2) is 3.43. The summed E-state index contributed by atoms with van der Waals surface area (Å²) in [6.45, 7) is 7.31. The molecular formula is C16H26O3. The van der Waals surface area contributed by atoms with Gasteiger partial charge in [0.05, 0.1) is 11.5 Å². The third kappa shape index (κ3) is 1.43. The van der Waals surface area contributed by atoms with Crippen LogP contribution >= 0.6 is 0 Å². The average Bonchev–Trinajstić information content (AvgIpc) is 2.74. The molecule has 3 aliphatic carbocycles. The molecule has 0 bridgehead atoms. The van der Waals surface area contributed by atoms with Crippen LogP contribution in [0.15, 0.2) is 0 Å². The Labute approximate surface area is 115 Å². The van der Waals surface area contributed by atoms with Crippen molar-refractivity contribution >= 4 is 5.78 Å². The summed E-state index contributed by atoms with van der Waals surface area (Å²) in [4.78, 5) is 12.8. The molecule has 3 fully saturated rings. The second-order valence-corrected chi connectivity index (χ2v) is 8.37. The summed E-state index contributed by atoms with van der Waals surface area (Å²) in [5.74, 6) is 0.198. The van der Waals surface area contributed by atoms with Crippen molar-refractivity contribution in [1.82, 2.24) is 0 Å². The van der Waals surface area contributed by atoms with E-state index < -0.39 is 11.2 Å². The van der Waals surface area contributed by atoms with Gasteiger partial charge in [0, 0.05) is 5.41 Å². The predicted molar refractivity (Wildman–Crippen MR) is 72.5 cm³/mol. The summed E-state index contributed by atoms with van der Waals surface area (Å²) in [7, 11) is 0. The molecule has 3 heteroatoms. The number of carbonyl (C=O) groups is 1. The first-order chi connectivity index (χ1) is 8.55. The number of ketones is 1. The summed E-state index contributed by atoms with van der Waals surface area (Å²) in [5.41, 5.74) is -2.86. The van der Waals surface area contributed by atoms with Gasteiger partial charge in [-0.2, -0.15) is 0 Å². The topological polar surface area (TPSA) is 57.5 Å². The van der Waals surface area contributed by atoms with Crippen LogP contribution in [0.1, 0.15) is 59.8 Å². The zero-order chi connectivity index (χ0) is 14.3. The molecule has 3 aliphatic rings. The van der Waals surface area contributed by atoms with Gasteiger partial charge in [-0.25, -0.2) is 0 Å². The van der Waals surface area contributed by atoms with E-state index in [1.165, 1.54) is 0 Å². The number of rotatable bonds is 1. The quantitative estimate of drug-likeness (QED) is 0.765. The van der Waals surface area contributed by atoms with Crippen LogP contribution in [-0.4, -0.2) is 27.2 Å². The first-order valence-corrected chi connectivity index (χ1v) is 7.54. The molecule has 3 nitrogen and oxygen atoms in total. The summed E-state index contributed by atoms with van der Waals surface area (Å²) in [5, 5.41) is 21.6. The minimum Gasteiger partial charge on any atom is -0.387 e. The molecule has 4 atom stereocenters. The van der Waals surface area contributed by atoms with Gasteiger partial charge in [-0.1, -0.05) is 20.3 Å². The Hall–Kier alpha value is -0.410. The Morgan fingerprint density at radius 1 is 1.32 bits per heavy atom. The van der Waals surface area contributed by atoms with E-state index in [4.69, 9.17) is 0 Å². The molecule has 2 N–H and O–H groups in total. The van der Waals surface area contributed by atoms with Crippen molar-refractivity contribution in [1.29, 1.82) is 0 Å². The second-order valence-electron chi connectivity index (χ2n) is 8.37. The van der Waals surface area contributed by atoms with E-state index in [-0.39, 0.29) is 22.5 Å². The molecule has 0 aromatic heterocycles. The first-order valence-electron chi connectivity index (χ1n) is 7.54. The van der Waals surface area contributed by atoms with Crippen molar-refractivity contribution in [2.45, 2.75) is 71.0 Å². The monoisotopic (exact) mass is 266 g/mol. The molecule has 0 aromatic rings. The summed E-state index contributed by atoms with van der Waals surface area (Å²) in [6, 6.07) is 0. The van der Waals surface area contributed by atoms with Crippen LogP contribution in [-0.2, 0) is 4.79 Å². The molecule has 0 radical (unpaired) electrons. The van der Waals surface area contributed by atoms with Crippen molar-refractivity contribution in [3.8, 4) is 0 Å². The number of hydrogen-bond donors (Lipinski definition) is 2. The van der Waals surface area contributed by atoms with E-state index in [9.17, 15) is 15.0 Å². The van der Waals surface area contributed by atoms with Crippen LogP contribution in [0, 0.1) is 22.7 Å². The fourth-order valence-corrected chi connectivity index (χ4v) is 5.54. The Kier molecular flexibility index (Phi) is 2.45. The van der Waals surface area contributed by atoms with Crippen LogP contribution in [0.4, 0.5) is 0 Å². The summed E-state index contributed by atoms with van der Waals surface area (Å²) in [6.07, 6.45) is 4.76. The van der Waals surface area contributed by atoms with Gasteiger partial charge in [0.25, 0.3) is 0 Å². The van der Waals surface area contributed by atoms with E-state index in [1.54, 1.807) is 13.8 Å². The maximum atomic E-state index is 12.8. The standard InChI is InChI=1S/C16H26O3/c1-13(2)9-15-7-5-6-10(15)8-16(19,14(3,4)18)11(15)12(13)17/h10-11,18-19H,5-9H2,1-4H3/t10-,11?,15+,16?/m0/s1. The van der Waals surface area contributed by atoms with Crippen molar-refractivity contribution in [2.24, 2.45) is 22.7 Å². The number of aliphatic hydroxyl groups is 2. The lowest BCUT2D eigenvalue weighted by Crippen LogP contribution is -2.56. The lowest BCUT2D eigenvalue weighted by atomic mass is 9.69. The zero-order valence-electron chi connectivity index (χ0n) is 12.5. The number of Topliss-reactive ketones (excluding diaryl/α,β-unsaturated/α-hetero) is 1. The third-order valence-corrected chi connectivity index (χ3v) is 6.38. The molecule has 0 amide bonds. The van der Waals surface area contributed by atoms with Gasteiger partial charge in [-0.15, -0.1) is 0 Å². The number of hydrogen-bond acceptors (Lipinski definition) is 3. The highest BCUT2D eigenvalue weighted by atomic mass is 16.4. The number of carbonyl (C=O) groups excluding carboxylic acids is 1. The highest BCUT2D eigenvalue weighted by Gasteiger charge is 2.74. The summed E-state index contributed by atoms with van der Waals surface area (Å²) >= 11 is 0. The van der Waals surface area contributed by atoms with Gasteiger partial charge in [0.2, 0.25) is 0 Å². The molecule has 0 aliphatic heterocycles. The van der Waals surface area contributed by atoms with E-state index in [2.05, 4.69) is 0 Å². The Morgan fingerprint density at radius 3 is 2.53 bits per heavy atom. The molecule has 108 valence electrons. The van der Waals surface area contributed by atoms with E-state index in [0.717, 1.165) is 25.7 Å². The largest absolute Gasteiger partial charge is 0.387 e. The Bertz CT molecular complexity index is 432. The van der Waals surface area contributed by atoms with Crippen LogP contribution < -0.4 is 0 Å². The normalized spacial score (nSPS) is 48.4. The highest BCUT2D eigenvalue weighted by Crippen LogP contribution is 2.71. The smallest absolute Gasteiger partial charge is 0.145 e. The highest BCUT2D eigenvalue weighted by molar-refractivity contribution is 5.91. The lowest BCUT2D eigenvalue weighted by molar-refractivity contribution is -0.170. The zero-order valence-corrected chi connectivity index (χ0v) is 12.5. The third-order valence-electron chi connectivity index (χ3n) is 6.38. The molecule has 2 unspecified atom stereocenters. The van der Waals surface area contributed by atoms with Gasteiger partial charge in [-0.3, -0.25) is 4.79 Å². The predicted octanol–water partition coefficient (Wildman–Crippen LogP) is 2.29. The SMILES string of the molecule is CC1(C)C[C@]23CCC[C@H]2CC(O)(C(C)(C)O)C3C1=O. The maximum Gasteiger partial charge on any atom is 0.145 e. The molecule has 3 rings (SSSR count). The van der Waals surface area contributed by atoms with E-state index >= 15 is 0 Å². The molecule has 0 heterocycles. The van der Waals surface area contributed by atoms with Crippen LogP contribution in [0.5, 0.6) is 0 Å². The molecule has 1 spiro atoms. The Balaban J connectivity index is 2.14.